The number of benzene rings is 1. The van der Waals surface area contributed by atoms with Crippen molar-refractivity contribution in [2.45, 2.75) is 33.1 Å². The summed E-state index contributed by atoms with van der Waals surface area (Å²) >= 11 is 0. The minimum absolute atomic E-state index is 0.141. The predicted molar refractivity (Wildman–Crippen MR) is 67.2 cm³/mol. The lowest BCUT2D eigenvalue weighted by molar-refractivity contribution is -0.143. The van der Waals surface area contributed by atoms with Gasteiger partial charge in [-0.1, -0.05) is 25.1 Å². The van der Waals surface area contributed by atoms with Crippen LogP contribution in [0.5, 0.6) is 5.75 Å². The van der Waals surface area contributed by atoms with E-state index in [2.05, 4.69) is 0 Å². The molecule has 17 heavy (non-hydrogen) atoms. The second-order valence-electron chi connectivity index (χ2n) is 3.76. The van der Waals surface area contributed by atoms with E-state index in [0.717, 1.165) is 17.7 Å². The zero-order chi connectivity index (χ0) is 12.5. The molecule has 0 heterocycles. The number of carbonyl (C=O) groups excluding carboxylic acids is 1. The van der Waals surface area contributed by atoms with E-state index in [1.54, 1.807) is 0 Å². The molecular formula is C14H20O3. The first kappa shape index (κ1) is 13.6. The molecule has 1 aromatic rings. The summed E-state index contributed by atoms with van der Waals surface area (Å²) in [4.78, 5) is 11.4. The largest absolute Gasteiger partial charge is 0.494 e. The maximum absolute atomic E-state index is 11.4. The zero-order valence-corrected chi connectivity index (χ0v) is 10.6. The number of hydrogen-bond donors (Lipinski definition) is 0. The number of para-hydroxylation sites is 1. The molecule has 1 aromatic carbocycles. The van der Waals surface area contributed by atoms with Crippen LogP contribution in [0, 0.1) is 0 Å². The van der Waals surface area contributed by atoms with Crippen LogP contribution in [0.2, 0.25) is 0 Å². The maximum Gasteiger partial charge on any atom is 0.306 e. The lowest BCUT2D eigenvalue weighted by Crippen LogP contribution is -2.07. The van der Waals surface area contributed by atoms with Gasteiger partial charge in [0.05, 0.1) is 13.2 Å². The van der Waals surface area contributed by atoms with E-state index in [-0.39, 0.29) is 5.97 Å². The molecule has 0 aliphatic carbocycles. The van der Waals surface area contributed by atoms with Gasteiger partial charge in [-0.25, -0.2) is 0 Å². The van der Waals surface area contributed by atoms with Crippen molar-refractivity contribution in [1.82, 2.24) is 0 Å². The van der Waals surface area contributed by atoms with Crippen molar-refractivity contribution >= 4 is 5.97 Å². The molecule has 0 aromatic heterocycles. The highest BCUT2D eigenvalue weighted by Gasteiger charge is 2.06. The Morgan fingerprint density at radius 2 is 2.00 bits per heavy atom. The molecule has 0 amide bonds. The Hall–Kier alpha value is -1.51. The third-order valence-corrected chi connectivity index (χ3v) is 2.34. The monoisotopic (exact) mass is 236 g/mol. The number of hydrogen-bond acceptors (Lipinski definition) is 3. The smallest absolute Gasteiger partial charge is 0.306 e. The standard InChI is InChI=1S/C14H20O3/c1-3-11-17-14(15)10-9-12-7-5-6-8-13(12)16-4-2/h5-8H,3-4,9-11H2,1-2H3. The third kappa shape index (κ3) is 4.89. The summed E-state index contributed by atoms with van der Waals surface area (Å²) in [5.74, 6) is 0.719. The molecule has 0 aliphatic rings. The molecule has 0 saturated carbocycles. The molecule has 94 valence electrons. The number of esters is 1. The zero-order valence-electron chi connectivity index (χ0n) is 10.6. The Balaban J connectivity index is 2.47. The molecule has 1 rings (SSSR count). The van der Waals surface area contributed by atoms with Crippen molar-refractivity contribution in [3.05, 3.63) is 29.8 Å². The van der Waals surface area contributed by atoms with Gasteiger partial charge < -0.3 is 9.47 Å². The minimum atomic E-state index is -0.141. The molecular weight excluding hydrogens is 216 g/mol. The van der Waals surface area contributed by atoms with Gasteiger partial charge in [0.15, 0.2) is 0 Å². The maximum atomic E-state index is 11.4. The van der Waals surface area contributed by atoms with Crippen molar-refractivity contribution in [2.24, 2.45) is 0 Å². The van der Waals surface area contributed by atoms with Gasteiger partial charge in [-0.15, -0.1) is 0 Å². The Labute approximate surface area is 103 Å². The van der Waals surface area contributed by atoms with E-state index >= 15 is 0 Å². The number of aryl methyl sites for hydroxylation is 1. The van der Waals surface area contributed by atoms with Crippen LogP contribution < -0.4 is 4.74 Å². The first-order valence-electron chi connectivity index (χ1n) is 6.14. The van der Waals surface area contributed by atoms with Crippen LogP contribution in [-0.2, 0) is 16.0 Å². The second kappa shape index (κ2) is 7.71. The predicted octanol–water partition coefficient (Wildman–Crippen LogP) is 2.97. The Kier molecular flexibility index (Phi) is 6.15. The lowest BCUT2D eigenvalue weighted by atomic mass is 10.1. The normalized spacial score (nSPS) is 10.0. The van der Waals surface area contributed by atoms with Crippen LogP contribution in [-0.4, -0.2) is 19.2 Å². The van der Waals surface area contributed by atoms with E-state index in [4.69, 9.17) is 9.47 Å². The highest BCUT2D eigenvalue weighted by Crippen LogP contribution is 2.19. The lowest BCUT2D eigenvalue weighted by Gasteiger charge is -2.09. The summed E-state index contributed by atoms with van der Waals surface area (Å²) < 4.78 is 10.5. The van der Waals surface area contributed by atoms with E-state index in [1.165, 1.54) is 0 Å². The van der Waals surface area contributed by atoms with Crippen molar-refractivity contribution in [3.63, 3.8) is 0 Å². The van der Waals surface area contributed by atoms with Gasteiger partial charge in [0.1, 0.15) is 5.75 Å². The highest BCUT2D eigenvalue weighted by molar-refractivity contribution is 5.69. The van der Waals surface area contributed by atoms with E-state index in [0.29, 0.717) is 26.1 Å². The molecule has 0 N–H and O–H groups in total. The van der Waals surface area contributed by atoms with Crippen LogP contribution in [0.4, 0.5) is 0 Å². The molecule has 0 spiro atoms. The first-order chi connectivity index (χ1) is 8.27. The quantitative estimate of drug-likeness (QED) is 0.683. The molecule has 0 bridgehead atoms. The van der Waals surface area contributed by atoms with Crippen LogP contribution in [0.25, 0.3) is 0 Å². The SMILES string of the molecule is CCCOC(=O)CCc1ccccc1OCC. The topological polar surface area (TPSA) is 35.5 Å². The van der Waals surface area contributed by atoms with Gasteiger partial charge in [0, 0.05) is 6.42 Å². The fourth-order valence-electron chi connectivity index (χ4n) is 1.53. The molecule has 0 radical (unpaired) electrons. The number of ether oxygens (including phenoxy) is 2. The molecule has 3 nitrogen and oxygen atoms in total. The molecule has 0 fully saturated rings. The van der Waals surface area contributed by atoms with Crippen LogP contribution in [0.3, 0.4) is 0 Å². The molecule has 3 heteroatoms. The third-order valence-electron chi connectivity index (χ3n) is 2.34. The van der Waals surface area contributed by atoms with Crippen molar-refractivity contribution in [1.29, 1.82) is 0 Å². The average Bonchev–Trinajstić information content (AvgIpc) is 2.35. The van der Waals surface area contributed by atoms with Gasteiger partial charge in [-0.2, -0.15) is 0 Å². The summed E-state index contributed by atoms with van der Waals surface area (Å²) in [7, 11) is 0. The van der Waals surface area contributed by atoms with Gasteiger partial charge in [0.25, 0.3) is 0 Å². The van der Waals surface area contributed by atoms with E-state index < -0.39 is 0 Å². The summed E-state index contributed by atoms with van der Waals surface area (Å²) in [6, 6.07) is 7.80. The fraction of sp³-hybridized carbons (Fsp3) is 0.500. The summed E-state index contributed by atoms with van der Waals surface area (Å²) in [5, 5.41) is 0. The summed E-state index contributed by atoms with van der Waals surface area (Å²) in [6.45, 7) is 5.08. The summed E-state index contributed by atoms with van der Waals surface area (Å²) in [6.07, 6.45) is 1.93. The first-order valence-corrected chi connectivity index (χ1v) is 6.14. The number of carbonyl (C=O) groups is 1. The van der Waals surface area contributed by atoms with Gasteiger partial charge in [0.2, 0.25) is 0 Å². The van der Waals surface area contributed by atoms with Crippen LogP contribution >= 0.6 is 0 Å². The molecule has 0 aliphatic heterocycles. The van der Waals surface area contributed by atoms with E-state index in [9.17, 15) is 4.79 Å². The van der Waals surface area contributed by atoms with Crippen LogP contribution in [0.1, 0.15) is 32.3 Å². The van der Waals surface area contributed by atoms with Crippen molar-refractivity contribution < 1.29 is 14.3 Å². The highest BCUT2D eigenvalue weighted by atomic mass is 16.5. The second-order valence-corrected chi connectivity index (χ2v) is 3.76. The molecule has 0 saturated heterocycles. The van der Waals surface area contributed by atoms with Crippen LogP contribution in [0.15, 0.2) is 24.3 Å². The minimum Gasteiger partial charge on any atom is -0.494 e. The van der Waals surface area contributed by atoms with Crippen molar-refractivity contribution in [2.75, 3.05) is 13.2 Å². The molecule has 0 atom stereocenters. The van der Waals surface area contributed by atoms with Gasteiger partial charge in [-0.05, 0) is 31.4 Å². The Morgan fingerprint density at radius 1 is 1.24 bits per heavy atom. The average molecular weight is 236 g/mol. The van der Waals surface area contributed by atoms with Crippen molar-refractivity contribution in [3.8, 4) is 5.75 Å². The van der Waals surface area contributed by atoms with Gasteiger partial charge >= 0.3 is 5.97 Å². The van der Waals surface area contributed by atoms with E-state index in [1.807, 2.05) is 38.1 Å². The molecule has 0 unspecified atom stereocenters. The Bertz CT molecular complexity index is 347. The fourth-order valence-corrected chi connectivity index (χ4v) is 1.53. The Morgan fingerprint density at radius 3 is 2.71 bits per heavy atom. The number of rotatable bonds is 7. The summed E-state index contributed by atoms with van der Waals surface area (Å²) in [5.41, 5.74) is 1.06. The van der Waals surface area contributed by atoms with Gasteiger partial charge in [-0.3, -0.25) is 4.79 Å².